The molecule has 1 aliphatic rings. The largest absolute Gasteiger partial charge is 0.496 e. The van der Waals surface area contributed by atoms with Crippen LogP contribution < -0.4 is 15.4 Å². The molecule has 1 heterocycles. The van der Waals surface area contributed by atoms with E-state index in [0.29, 0.717) is 40.2 Å². The Balaban J connectivity index is 1.58. The number of carbonyl (C=O) groups is 2. The molecule has 1 saturated carbocycles. The van der Waals surface area contributed by atoms with E-state index < -0.39 is 0 Å². The maximum absolute atomic E-state index is 12.6. The summed E-state index contributed by atoms with van der Waals surface area (Å²) in [6.07, 6.45) is 4.78. The van der Waals surface area contributed by atoms with E-state index in [1.165, 1.54) is 13.3 Å². The predicted molar refractivity (Wildman–Crippen MR) is 129 cm³/mol. The molecule has 34 heavy (non-hydrogen) atoms. The molecular formula is C25H29ClN4O4. The molecule has 0 saturated heterocycles. The van der Waals surface area contributed by atoms with Crippen molar-refractivity contribution in [2.45, 2.75) is 38.6 Å². The first-order valence-electron chi connectivity index (χ1n) is 11.2. The Morgan fingerprint density at radius 3 is 2.59 bits per heavy atom. The monoisotopic (exact) mass is 484 g/mol. The van der Waals surface area contributed by atoms with Crippen molar-refractivity contribution in [3.8, 4) is 11.8 Å². The number of halogens is 1. The fraction of sp³-hybridized carbons (Fsp3) is 0.440. The Hall–Kier alpha value is -3.31. The highest BCUT2D eigenvalue weighted by Gasteiger charge is 2.27. The summed E-state index contributed by atoms with van der Waals surface area (Å²) in [6, 6.07) is 8.66. The number of methoxy groups -OCH3 is 2. The summed E-state index contributed by atoms with van der Waals surface area (Å²) in [5.74, 6) is 0.969. The van der Waals surface area contributed by atoms with Crippen molar-refractivity contribution < 1.29 is 19.1 Å². The van der Waals surface area contributed by atoms with E-state index in [1.54, 1.807) is 31.4 Å². The Morgan fingerprint density at radius 2 is 1.97 bits per heavy atom. The molecule has 0 aliphatic heterocycles. The molecule has 1 aliphatic carbocycles. The Bertz CT molecular complexity index is 1080. The second-order valence-electron chi connectivity index (χ2n) is 8.44. The zero-order valence-electron chi connectivity index (χ0n) is 19.6. The van der Waals surface area contributed by atoms with Crippen LogP contribution in [0.5, 0.6) is 5.75 Å². The van der Waals surface area contributed by atoms with Crippen molar-refractivity contribution in [2.24, 2.45) is 11.8 Å². The lowest BCUT2D eigenvalue weighted by atomic mass is 9.82. The molecule has 2 aromatic rings. The van der Waals surface area contributed by atoms with Gasteiger partial charge in [-0.1, -0.05) is 11.6 Å². The van der Waals surface area contributed by atoms with E-state index in [9.17, 15) is 14.9 Å². The lowest BCUT2D eigenvalue weighted by Crippen LogP contribution is -2.32. The minimum Gasteiger partial charge on any atom is -0.496 e. The average Bonchev–Trinajstić information content (AvgIpc) is 2.87. The number of amides is 1. The zero-order chi connectivity index (χ0) is 24.7. The highest BCUT2D eigenvalue weighted by atomic mass is 35.5. The molecule has 1 amide bonds. The third-order valence-electron chi connectivity index (χ3n) is 6.21. The molecule has 180 valence electrons. The van der Waals surface area contributed by atoms with Crippen LogP contribution in [0.2, 0.25) is 5.02 Å². The van der Waals surface area contributed by atoms with Gasteiger partial charge in [0.1, 0.15) is 11.6 Å². The van der Waals surface area contributed by atoms with E-state index in [1.807, 2.05) is 6.92 Å². The van der Waals surface area contributed by atoms with Crippen LogP contribution in [0, 0.1) is 23.2 Å². The number of ether oxygens (including phenoxy) is 2. The minimum atomic E-state index is -0.243. The summed E-state index contributed by atoms with van der Waals surface area (Å²) >= 11 is 6.41. The number of hydrogen-bond donors (Lipinski definition) is 2. The van der Waals surface area contributed by atoms with Crippen molar-refractivity contribution in [3.05, 3.63) is 52.2 Å². The summed E-state index contributed by atoms with van der Waals surface area (Å²) in [5, 5.41) is 15.7. The van der Waals surface area contributed by atoms with Crippen LogP contribution in [0.25, 0.3) is 0 Å². The van der Waals surface area contributed by atoms with Crippen LogP contribution >= 0.6 is 11.6 Å². The summed E-state index contributed by atoms with van der Waals surface area (Å²) in [5.41, 5.74) is 1.69. The summed E-state index contributed by atoms with van der Waals surface area (Å²) in [7, 11) is 2.99. The number of carbonyl (C=O) groups excluding carboxylic acids is 2. The Kier molecular flexibility index (Phi) is 8.72. The Labute approximate surface area is 204 Å². The molecular weight excluding hydrogens is 456 g/mol. The van der Waals surface area contributed by atoms with Crippen molar-refractivity contribution in [3.63, 3.8) is 0 Å². The standard InChI is InChI=1S/C25H29ClN4O4/c1-15(20-10-17(12-27)6-9-22(20)33-2)30-23-21(26)11-19(14-28-23)24(31)29-13-16-4-7-18(8-5-16)25(32)34-3/h6,9-11,14-16,18H,4-5,7-8,13H2,1-3H3,(H,28,30)(H,29,31)/t15?,16-,18-. The van der Waals surface area contributed by atoms with Gasteiger partial charge in [0.25, 0.3) is 5.91 Å². The van der Waals surface area contributed by atoms with Crippen LogP contribution in [0.15, 0.2) is 30.5 Å². The molecule has 9 heteroatoms. The van der Waals surface area contributed by atoms with Gasteiger partial charge in [0.2, 0.25) is 0 Å². The van der Waals surface area contributed by atoms with E-state index in [-0.39, 0.29) is 23.8 Å². The maximum Gasteiger partial charge on any atom is 0.308 e. The first-order valence-corrected chi connectivity index (χ1v) is 11.6. The van der Waals surface area contributed by atoms with Gasteiger partial charge in [-0.3, -0.25) is 9.59 Å². The van der Waals surface area contributed by atoms with Gasteiger partial charge in [0.15, 0.2) is 0 Å². The summed E-state index contributed by atoms with van der Waals surface area (Å²) in [4.78, 5) is 28.6. The molecule has 8 nitrogen and oxygen atoms in total. The number of pyridine rings is 1. The quantitative estimate of drug-likeness (QED) is 0.530. The number of anilines is 1. The van der Waals surface area contributed by atoms with Crippen molar-refractivity contribution >= 4 is 29.3 Å². The first-order chi connectivity index (χ1) is 16.4. The van der Waals surface area contributed by atoms with Gasteiger partial charge in [-0.05, 0) is 62.8 Å². The molecule has 1 unspecified atom stereocenters. The topological polar surface area (TPSA) is 113 Å². The number of esters is 1. The maximum atomic E-state index is 12.6. The normalized spacial score (nSPS) is 18.3. The van der Waals surface area contributed by atoms with Crippen LogP contribution in [-0.4, -0.2) is 37.6 Å². The molecule has 2 N–H and O–H groups in total. The number of nitriles is 1. The van der Waals surface area contributed by atoms with Crippen LogP contribution in [-0.2, 0) is 9.53 Å². The number of nitrogens with zero attached hydrogens (tertiary/aromatic N) is 2. The molecule has 0 bridgehead atoms. The van der Waals surface area contributed by atoms with Gasteiger partial charge in [0.05, 0.1) is 48.4 Å². The number of aromatic nitrogens is 1. The zero-order valence-corrected chi connectivity index (χ0v) is 20.3. The van der Waals surface area contributed by atoms with E-state index >= 15 is 0 Å². The van der Waals surface area contributed by atoms with Gasteiger partial charge in [-0.2, -0.15) is 5.26 Å². The van der Waals surface area contributed by atoms with Crippen molar-refractivity contribution in [1.82, 2.24) is 10.3 Å². The molecule has 1 fully saturated rings. The second-order valence-corrected chi connectivity index (χ2v) is 8.85. The fourth-order valence-electron chi connectivity index (χ4n) is 4.20. The fourth-order valence-corrected chi connectivity index (χ4v) is 4.42. The molecule has 0 spiro atoms. The Morgan fingerprint density at radius 1 is 1.24 bits per heavy atom. The second kappa shape index (κ2) is 11.7. The highest BCUT2D eigenvalue weighted by Crippen LogP contribution is 2.31. The number of hydrogen-bond acceptors (Lipinski definition) is 7. The highest BCUT2D eigenvalue weighted by molar-refractivity contribution is 6.33. The van der Waals surface area contributed by atoms with Gasteiger partial charge < -0.3 is 20.1 Å². The third kappa shape index (κ3) is 6.17. The van der Waals surface area contributed by atoms with Crippen molar-refractivity contribution in [1.29, 1.82) is 5.26 Å². The molecule has 1 aromatic heterocycles. The lowest BCUT2D eigenvalue weighted by molar-refractivity contribution is -0.146. The van der Waals surface area contributed by atoms with Gasteiger partial charge in [-0.15, -0.1) is 0 Å². The number of nitrogens with one attached hydrogen (secondary N) is 2. The van der Waals surface area contributed by atoms with Gasteiger partial charge in [-0.25, -0.2) is 4.98 Å². The molecule has 1 aromatic carbocycles. The van der Waals surface area contributed by atoms with Gasteiger partial charge >= 0.3 is 5.97 Å². The number of benzene rings is 1. The SMILES string of the molecule is COc1ccc(C#N)cc1C(C)Nc1ncc(C(=O)NC[C@H]2CC[C@H](C(=O)OC)CC2)cc1Cl. The summed E-state index contributed by atoms with van der Waals surface area (Å²) < 4.78 is 10.2. The van der Waals surface area contributed by atoms with Crippen LogP contribution in [0.4, 0.5) is 5.82 Å². The third-order valence-corrected chi connectivity index (χ3v) is 6.50. The van der Waals surface area contributed by atoms with E-state index in [4.69, 9.17) is 21.1 Å². The smallest absolute Gasteiger partial charge is 0.308 e. The minimum absolute atomic E-state index is 0.0373. The van der Waals surface area contributed by atoms with Crippen LogP contribution in [0.3, 0.4) is 0 Å². The molecule has 3 rings (SSSR count). The first kappa shape index (κ1) is 25.3. The summed E-state index contributed by atoms with van der Waals surface area (Å²) in [6.45, 7) is 2.45. The molecule has 0 radical (unpaired) electrons. The molecule has 1 atom stereocenters. The average molecular weight is 485 g/mol. The number of rotatable bonds is 8. The lowest BCUT2D eigenvalue weighted by Gasteiger charge is -2.27. The van der Waals surface area contributed by atoms with Crippen LogP contribution in [0.1, 0.15) is 60.1 Å². The van der Waals surface area contributed by atoms with E-state index in [2.05, 4.69) is 21.7 Å². The van der Waals surface area contributed by atoms with Crippen molar-refractivity contribution in [2.75, 3.05) is 26.1 Å². The predicted octanol–water partition coefficient (Wildman–Crippen LogP) is 4.50. The van der Waals surface area contributed by atoms with Gasteiger partial charge in [0, 0.05) is 18.3 Å². The van der Waals surface area contributed by atoms with E-state index in [0.717, 1.165) is 31.2 Å².